The highest BCUT2D eigenvalue weighted by molar-refractivity contribution is 6.11. The first-order chi connectivity index (χ1) is 17.1. The molecule has 2 unspecified atom stereocenters. The van der Waals surface area contributed by atoms with Gasteiger partial charge in [-0.1, -0.05) is 30.3 Å². The van der Waals surface area contributed by atoms with Gasteiger partial charge in [0.1, 0.15) is 11.5 Å². The zero-order chi connectivity index (χ0) is 24.8. The van der Waals surface area contributed by atoms with Gasteiger partial charge < -0.3 is 19.5 Å². The molecule has 1 N–H and O–H groups in total. The van der Waals surface area contributed by atoms with Crippen LogP contribution >= 0.6 is 0 Å². The molecule has 35 heavy (non-hydrogen) atoms. The lowest BCUT2D eigenvalue weighted by atomic mass is 9.78. The minimum absolute atomic E-state index is 0.139. The second kappa shape index (κ2) is 11.1. The summed E-state index contributed by atoms with van der Waals surface area (Å²) >= 11 is 0. The summed E-state index contributed by atoms with van der Waals surface area (Å²) in [5.74, 6) is 0.484. The maximum absolute atomic E-state index is 13.9. The van der Waals surface area contributed by atoms with E-state index in [9.17, 15) is 9.59 Å². The van der Waals surface area contributed by atoms with Crippen molar-refractivity contribution in [2.75, 3.05) is 39.4 Å². The Hall–Kier alpha value is -3.84. The minimum atomic E-state index is -0.609. The number of nitrogens with zero attached hydrogens (tertiary/aromatic N) is 1. The van der Waals surface area contributed by atoms with Gasteiger partial charge in [-0.15, -0.1) is 0 Å². The molecule has 0 spiro atoms. The first-order valence-corrected chi connectivity index (χ1v) is 11.6. The second-order valence-corrected chi connectivity index (χ2v) is 8.29. The molecular formula is C28H30N2O5. The van der Waals surface area contributed by atoms with Crippen LogP contribution in [0.1, 0.15) is 39.9 Å². The van der Waals surface area contributed by atoms with Crippen molar-refractivity contribution in [1.29, 1.82) is 0 Å². The van der Waals surface area contributed by atoms with Gasteiger partial charge in [-0.3, -0.25) is 14.5 Å². The first kappa shape index (κ1) is 24.3. The smallest absolute Gasteiger partial charge is 0.259 e. The molecule has 3 aromatic rings. The number of ether oxygens (including phenoxy) is 3. The van der Waals surface area contributed by atoms with Crippen LogP contribution < -0.4 is 19.7 Å². The number of hydrogen-bond acceptors (Lipinski definition) is 5. The van der Waals surface area contributed by atoms with Crippen molar-refractivity contribution in [3.63, 3.8) is 0 Å². The SMILES string of the molecule is COCCCNC(=O)C1c2ccccc2C(=O)N(c2ccc(OC)cc2)C1c1ccc(OC)cc1. The Kier molecular flexibility index (Phi) is 7.67. The third-order valence-electron chi connectivity index (χ3n) is 6.25. The molecule has 0 radical (unpaired) electrons. The van der Waals surface area contributed by atoms with Gasteiger partial charge in [-0.05, 0) is 60.0 Å². The largest absolute Gasteiger partial charge is 0.497 e. The molecule has 0 fully saturated rings. The molecule has 0 saturated heterocycles. The number of anilines is 1. The summed E-state index contributed by atoms with van der Waals surface area (Å²) in [7, 11) is 4.84. The number of rotatable bonds is 9. The van der Waals surface area contributed by atoms with Crippen molar-refractivity contribution in [2.45, 2.75) is 18.4 Å². The van der Waals surface area contributed by atoms with E-state index in [1.807, 2.05) is 66.7 Å². The third-order valence-corrected chi connectivity index (χ3v) is 6.25. The summed E-state index contributed by atoms with van der Waals surface area (Å²) in [6.07, 6.45) is 0.699. The highest BCUT2D eigenvalue weighted by Gasteiger charge is 2.44. The van der Waals surface area contributed by atoms with Crippen LogP contribution in [0.5, 0.6) is 11.5 Å². The third kappa shape index (κ3) is 5.00. The molecule has 4 rings (SSSR count). The fourth-order valence-corrected chi connectivity index (χ4v) is 4.52. The lowest BCUT2D eigenvalue weighted by molar-refractivity contribution is -0.123. The quantitative estimate of drug-likeness (QED) is 0.467. The molecule has 0 aliphatic carbocycles. The molecule has 3 aromatic carbocycles. The van der Waals surface area contributed by atoms with Crippen LogP contribution in [0, 0.1) is 0 Å². The maximum Gasteiger partial charge on any atom is 0.259 e. The number of nitrogens with one attached hydrogen (secondary N) is 1. The number of carbonyl (C=O) groups excluding carboxylic acids is 2. The van der Waals surface area contributed by atoms with Crippen LogP contribution in [0.4, 0.5) is 5.69 Å². The standard InChI is InChI=1S/C28H30N2O5/c1-33-18-6-17-29-27(31)25-23-7-4-5-8-24(23)28(32)30(20-11-15-22(35-3)16-12-20)26(25)19-9-13-21(34-2)14-10-19/h4-5,7-16,25-26H,6,17-18H2,1-3H3,(H,29,31). The summed E-state index contributed by atoms with van der Waals surface area (Å²) in [4.78, 5) is 29.3. The van der Waals surface area contributed by atoms with E-state index in [1.165, 1.54) is 0 Å². The van der Waals surface area contributed by atoms with Gasteiger partial charge in [0.15, 0.2) is 0 Å². The van der Waals surface area contributed by atoms with Crippen LogP contribution in [0.25, 0.3) is 0 Å². The van der Waals surface area contributed by atoms with E-state index in [1.54, 1.807) is 32.3 Å². The Morgan fingerprint density at radius 2 is 1.51 bits per heavy atom. The molecule has 2 amide bonds. The normalized spacial score (nSPS) is 17.0. The molecule has 1 aliphatic rings. The lowest BCUT2D eigenvalue weighted by Gasteiger charge is -2.42. The predicted molar refractivity (Wildman–Crippen MR) is 134 cm³/mol. The Balaban J connectivity index is 1.84. The number of benzene rings is 3. The highest BCUT2D eigenvalue weighted by Crippen LogP contribution is 2.45. The number of amides is 2. The number of methoxy groups -OCH3 is 3. The van der Waals surface area contributed by atoms with Gasteiger partial charge in [0.05, 0.1) is 26.2 Å². The van der Waals surface area contributed by atoms with Crippen molar-refractivity contribution in [3.05, 3.63) is 89.5 Å². The van der Waals surface area contributed by atoms with Gasteiger partial charge in [-0.25, -0.2) is 0 Å². The van der Waals surface area contributed by atoms with Gasteiger partial charge in [-0.2, -0.15) is 0 Å². The van der Waals surface area contributed by atoms with Crippen LogP contribution in [0.3, 0.4) is 0 Å². The number of carbonyl (C=O) groups is 2. The van der Waals surface area contributed by atoms with Crippen molar-refractivity contribution in [3.8, 4) is 11.5 Å². The van der Waals surface area contributed by atoms with Crippen molar-refractivity contribution < 1.29 is 23.8 Å². The van der Waals surface area contributed by atoms with Crippen LogP contribution in [0.15, 0.2) is 72.8 Å². The molecule has 0 saturated carbocycles. The molecule has 182 valence electrons. The van der Waals surface area contributed by atoms with Crippen molar-refractivity contribution in [1.82, 2.24) is 5.32 Å². The molecule has 7 nitrogen and oxygen atoms in total. The first-order valence-electron chi connectivity index (χ1n) is 11.6. The van der Waals surface area contributed by atoms with Crippen LogP contribution in [0.2, 0.25) is 0 Å². The van der Waals surface area contributed by atoms with E-state index in [2.05, 4.69) is 5.32 Å². The molecule has 7 heteroatoms. The van der Waals surface area contributed by atoms with Crippen LogP contribution in [-0.2, 0) is 9.53 Å². The Bertz CT molecular complexity index is 1160. The average molecular weight is 475 g/mol. The Labute approximate surface area is 205 Å². The topological polar surface area (TPSA) is 77.1 Å². The van der Waals surface area contributed by atoms with Crippen molar-refractivity contribution >= 4 is 17.5 Å². The predicted octanol–water partition coefficient (Wildman–Crippen LogP) is 4.34. The molecule has 0 aromatic heterocycles. The number of fused-ring (bicyclic) bond motifs is 1. The van der Waals surface area contributed by atoms with Crippen LogP contribution in [-0.4, -0.2) is 46.3 Å². The number of hydrogen-bond donors (Lipinski definition) is 1. The molecular weight excluding hydrogens is 444 g/mol. The molecule has 1 heterocycles. The Morgan fingerprint density at radius 3 is 2.14 bits per heavy atom. The molecule has 2 atom stereocenters. The van der Waals surface area contributed by atoms with E-state index in [0.29, 0.717) is 47.9 Å². The van der Waals surface area contributed by atoms with Gasteiger partial charge in [0, 0.05) is 31.5 Å². The van der Waals surface area contributed by atoms with Gasteiger partial charge in [0.2, 0.25) is 5.91 Å². The zero-order valence-electron chi connectivity index (χ0n) is 20.2. The van der Waals surface area contributed by atoms with Crippen molar-refractivity contribution in [2.24, 2.45) is 0 Å². The van der Waals surface area contributed by atoms with E-state index in [-0.39, 0.29) is 11.8 Å². The maximum atomic E-state index is 13.9. The highest BCUT2D eigenvalue weighted by atomic mass is 16.5. The summed E-state index contributed by atoms with van der Waals surface area (Å²) in [6, 6.07) is 21.6. The molecule has 1 aliphatic heterocycles. The van der Waals surface area contributed by atoms with E-state index >= 15 is 0 Å². The van der Waals surface area contributed by atoms with E-state index in [0.717, 1.165) is 5.56 Å². The lowest BCUT2D eigenvalue weighted by Crippen LogP contribution is -2.47. The molecule has 0 bridgehead atoms. The zero-order valence-corrected chi connectivity index (χ0v) is 20.2. The van der Waals surface area contributed by atoms with Gasteiger partial charge >= 0.3 is 0 Å². The van der Waals surface area contributed by atoms with E-state index < -0.39 is 12.0 Å². The Morgan fingerprint density at radius 1 is 0.886 bits per heavy atom. The van der Waals surface area contributed by atoms with Gasteiger partial charge in [0.25, 0.3) is 5.91 Å². The summed E-state index contributed by atoms with van der Waals surface area (Å²) < 4.78 is 15.8. The average Bonchev–Trinajstić information content (AvgIpc) is 2.91. The second-order valence-electron chi connectivity index (χ2n) is 8.29. The van der Waals surface area contributed by atoms with E-state index in [4.69, 9.17) is 14.2 Å². The summed E-state index contributed by atoms with van der Waals surface area (Å²) in [5, 5.41) is 3.05. The fraction of sp³-hybridized carbons (Fsp3) is 0.286. The monoisotopic (exact) mass is 474 g/mol. The minimum Gasteiger partial charge on any atom is -0.497 e. The summed E-state index contributed by atoms with van der Waals surface area (Å²) in [5.41, 5.74) is 2.75. The fourth-order valence-electron chi connectivity index (χ4n) is 4.52. The summed E-state index contributed by atoms with van der Waals surface area (Å²) in [6.45, 7) is 1.04.